The molecule has 0 aliphatic rings. The molecule has 0 aromatic carbocycles. The molecule has 0 amide bonds. The molecule has 5 heteroatoms. The quantitative estimate of drug-likeness (QED) is 0.241. The van der Waals surface area contributed by atoms with Crippen molar-refractivity contribution in [1.29, 1.82) is 0 Å². The first-order valence-corrected chi connectivity index (χ1v) is 4.07. The largest absolute Gasteiger partial charge is 1.00 e. The van der Waals surface area contributed by atoms with E-state index in [4.69, 9.17) is 9.84 Å². The third-order valence-corrected chi connectivity index (χ3v) is 1.61. The van der Waals surface area contributed by atoms with Gasteiger partial charge in [0.15, 0.2) is 0 Å². The molecule has 4 nitrogen and oxygen atoms in total. The number of aliphatic hydroxyl groups excluding tert-OH is 1. The normalized spacial score (nSPS) is 12.6. The molecule has 0 aromatic rings. The SMILES string of the molecule is C=C(C)C(=O)OC(CO)[N+](C)(C)C.[Cl-]. The van der Waals surface area contributed by atoms with Gasteiger partial charge in [-0.1, -0.05) is 6.58 Å². The number of carbonyl (C=O) groups excluding carboxylic acids is 1. The number of halogens is 1. The van der Waals surface area contributed by atoms with Crippen LogP contribution in [0.2, 0.25) is 0 Å². The van der Waals surface area contributed by atoms with Crippen LogP contribution >= 0.6 is 0 Å². The van der Waals surface area contributed by atoms with Crippen LogP contribution in [-0.2, 0) is 9.53 Å². The van der Waals surface area contributed by atoms with Crippen molar-refractivity contribution in [3.05, 3.63) is 12.2 Å². The van der Waals surface area contributed by atoms with Crippen LogP contribution in [0.3, 0.4) is 0 Å². The van der Waals surface area contributed by atoms with E-state index < -0.39 is 12.2 Å². The molecule has 0 aromatic heterocycles. The molecule has 0 bridgehead atoms. The molecule has 0 rings (SSSR count). The number of quaternary nitrogens is 1. The van der Waals surface area contributed by atoms with E-state index in [-0.39, 0.29) is 19.0 Å². The smallest absolute Gasteiger partial charge is 0.337 e. The Morgan fingerprint density at radius 1 is 1.50 bits per heavy atom. The van der Waals surface area contributed by atoms with E-state index in [0.717, 1.165) is 0 Å². The predicted octanol–water partition coefficient (Wildman–Crippen LogP) is -2.87. The molecule has 1 atom stereocenters. The van der Waals surface area contributed by atoms with E-state index in [1.165, 1.54) is 0 Å². The van der Waals surface area contributed by atoms with Gasteiger partial charge in [-0.15, -0.1) is 0 Å². The number of likely N-dealkylation sites (N-methyl/N-ethyl adjacent to an activating group) is 1. The summed E-state index contributed by atoms with van der Waals surface area (Å²) in [4.78, 5) is 11.1. The predicted molar refractivity (Wildman–Crippen MR) is 49.8 cm³/mol. The summed E-state index contributed by atoms with van der Waals surface area (Å²) in [6.07, 6.45) is -0.538. The van der Waals surface area contributed by atoms with Gasteiger partial charge in [-0.25, -0.2) is 4.79 Å². The molecular formula is C9H18ClNO3. The number of esters is 1. The first-order chi connectivity index (χ1) is 5.79. The minimum absolute atomic E-state index is 0. The maximum Gasteiger partial charge on any atom is 0.337 e. The van der Waals surface area contributed by atoms with Crippen LogP contribution in [0.15, 0.2) is 12.2 Å². The van der Waals surface area contributed by atoms with Gasteiger partial charge in [0.25, 0.3) is 6.23 Å². The van der Waals surface area contributed by atoms with Gasteiger partial charge in [-0.2, -0.15) is 0 Å². The van der Waals surface area contributed by atoms with E-state index in [9.17, 15) is 4.79 Å². The Morgan fingerprint density at radius 3 is 2.14 bits per heavy atom. The molecular weight excluding hydrogens is 206 g/mol. The Hall–Kier alpha value is -0.580. The summed E-state index contributed by atoms with van der Waals surface area (Å²) in [5.74, 6) is -0.466. The second-order valence-electron chi connectivity index (χ2n) is 3.94. The number of ether oxygens (including phenoxy) is 1. The average molecular weight is 224 g/mol. The van der Waals surface area contributed by atoms with Crippen molar-refractivity contribution in [3.63, 3.8) is 0 Å². The van der Waals surface area contributed by atoms with Gasteiger partial charge in [0.2, 0.25) is 0 Å². The average Bonchev–Trinajstić information content (AvgIpc) is 1.96. The molecule has 1 N–H and O–H groups in total. The lowest BCUT2D eigenvalue weighted by molar-refractivity contribution is -0.917. The Kier molecular flexibility index (Phi) is 6.81. The summed E-state index contributed by atoms with van der Waals surface area (Å²) >= 11 is 0. The van der Waals surface area contributed by atoms with Crippen LogP contribution in [0.5, 0.6) is 0 Å². The summed E-state index contributed by atoms with van der Waals surface area (Å²) in [7, 11) is 5.52. The van der Waals surface area contributed by atoms with Crippen LogP contribution in [0, 0.1) is 0 Å². The summed E-state index contributed by atoms with van der Waals surface area (Å²) in [6.45, 7) is 4.85. The minimum atomic E-state index is -0.538. The van der Waals surface area contributed by atoms with Crippen molar-refractivity contribution in [3.8, 4) is 0 Å². The van der Waals surface area contributed by atoms with Gasteiger partial charge in [-0.05, 0) is 6.92 Å². The molecule has 0 aliphatic heterocycles. The maximum absolute atomic E-state index is 11.1. The highest BCUT2D eigenvalue weighted by Crippen LogP contribution is 2.06. The van der Waals surface area contributed by atoms with Crippen molar-refractivity contribution in [2.75, 3.05) is 27.7 Å². The van der Waals surface area contributed by atoms with E-state index in [1.54, 1.807) is 6.92 Å². The summed E-state index contributed by atoms with van der Waals surface area (Å²) < 4.78 is 5.38. The van der Waals surface area contributed by atoms with Crippen molar-refractivity contribution in [2.24, 2.45) is 0 Å². The fraction of sp³-hybridized carbons (Fsp3) is 0.667. The highest BCUT2D eigenvalue weighted by Gasteiger charge is 2.26. The second-order valence-corrected chi connectivity index (χ2v) is 3.94. The summed E-state index contributed by atoms with van der Waals surface area (Å²) in [5, 5.41) is 8.97. The van der Waals surface area contributed by atoms with Gasteiger partial charge in [-0.3, -0.25) is 4.48 Å². The molecule has 0 spiro atoms. The topological polar surface area (TPSA) is 46.5 Å². The molecule has 0 aliphatic carbocycles. The third kappa shape index (κ3) is 5.21. The van der Waals surface area contributed by atoms with Crippen molar-refractivity contribution in [2.45, 2.75) is 13.2 Å². The molecule has 0 saturated heterocycles. The molecule has 84 valence electrons. The van der Waals surface area contributed by atoms with Crippen LogP contribution in [0.25, 0.3) is 0 Å². The van der Waals surface area contributed by atoms with E-state index >= 15 is 0 Å². The second kappa shape index (κ2) is 6.01. The zero-order chi connectivity index (χ0) is 10.6. The van der Waals surface area contributed by atoms with Crippen molar-refractivity contribution < 1.29 is 31.5 Å². The van der Waals surface area contributed by atoms with Crippen LogP contribution in [0.4, 0.5) is 0 Å². The number of nitrogens with zero attached hydrogens (tertiary/aromatic N) is 1. The first kappa shape index (κ1) is 15.9. The van der Waals surface area contributed by atoms with Crippen molar-refractivity contribution >= 4 is 5.97 Å². The summed E-state index contributed by atoms with van der Waals surface area (Å²) in [6, 6.07) is 0. The molecule has 14 heavy (non-hydrogen) atoms. The van der Waals surface area contributed by atoms with Crippen LogP contribution in [0.1, 0.15) is 6.92 Å². The number of rotatable bonds is 4. The molecule has 0 saturated carbocycles. The lowest BCUT2D eigenvalue weighted by Gasteiger charge is -2.31. The van der Waals surface area contributed by atoms with Gasteiger partial charge in [0.05, 0.1) is 21.1 Å². The van der Waals surface area contributed by atoms with Gasteiger partial charge >= 0.3 is 5.97 Å². The Morgan fingerprint density at radius 2 is 1.93 bits per heavy atom. The third-order valence-electron chi connectivity index (χ3n) is 1.61. The van der Waals surface area contributed by atoms with Crippen LogP contribution in [-0.4, -0.2) is 49.5 Å². The fourth-order valence-electron chi connectivity index (χ4n) is 0.664. The van der Waals surface area contributed by atoms with E-state index in [0.29, 0.717) is 10.1 Å². The van der Waals surface area contributed by atoms with E-state index in [1.807, 2.05) is 21.1 Å². The number of aliphatic hydroxyl groups is 1. The molecule has 0 radical (unpaired) electrons. The summed E-state index contributed by atoms with van der Waals surface area (Å²) in [5.41, 5.74) is 0.340. The zero-order valence-corrected chi connectivity index (χ0v) is 9.84. The fourth-order valence-corrected chi connectivity index (χ4v) is 0.664. The van der Waals surface area contributed by atoms with E-state index in [2.05, 4.69) is 6.58 Å². The molecule has 0 fully saturated rings. The lowest BCUT2D eigenvalue weighted by atomic mass is 10.3. The Balaban J connectivity index is 0. The molecule has 0 heterocycles. The number of hydrogen-bond donors (Lipinski definition) is 1. The van der Waals surface area contributed by atoms with Gasteiger partial charge in [0, 0.05) is 5.57 Å². The van der Waals surface area contributed by atoms with Gasteiger partial charge in [0.1, 0.15) is 6.61 Å². The number of carbonyl (C=O) groups is 1. The zero-order valence-electron chi connectivity index (χ0n) is 9.08. The minimum Gasteiger partial charge on any atom is -1.00 e. The Bertz CT molecular complexity index is 211. The molecule has 1 unspecified atom stereocenters. The van der Waals surface area contributed by atoms with Gasteiger partial charge < -0.3 is 22.3 Å². The Labute approximate surface area is 91.2 Å². The monoisotopic (exact) mass is 223 g/mol. The first-order valence-electron chi connectivity index (χ1n) is 4.07. The maximum atomic E-state index is 11.1. The highest BCUT2D eigenvalue weighted by molar-refractivity contribution is 5.86. The van der Waals surface area contributed by atoms with Crippen molar-refractivity contribution in [1.82, 2.24) is 0 Å². The lowest BCUT2D eigenvalue weighted by Crippen LogP contribution is -3.00. The standard InChI is InChI=1S/C9H18NO3.ClH/c1-7(2)9(12)13-8(6-11)10(3,4)5;/h8,11H,1,6H2,2-5H3;1H/q+1;/p-1. The number of hydrogen-bond acceptors (Lipinski definition) is 3. The highest BCUT2D eigenvalue weighted by atomic mass is 35.5. The van der Waals surface area contributed by atoms with Crippen LogP contribution < -0.4 is 12.4 Å².